The van der Waals surface area contributed by atoms with Crippen molar-refractivity contribution in [1.29, 1.82) is 0 Å². The summed E-state index contributed by atoms with van der Waals surface area (Å²) in [5.41, 5.74) is 0. The third kappa shape index (κ3) is 1.38. The summed E-state index contributed by atoms with van der Waals surface area (Å²) in [6.07, 6.45) is 2.52. The molecule has 0 spiro atoms. The standard InChI is InChI=1S/C6H12BNO2/c1-7(10)8-4-2-6(8)3-5-9/h5-6,10H,2-4H2,1H3/t6-/m1/s1. The normalized spacial score (nSPS) is 25.6. The fourth-order valence-corrected chi connectivity index (χ4v) is 1.32. The molecule has 0 aromatic rings. The highest BCUT2D eigenvalue weighted by Gasteiger charge is 2.32. The van der Waals surface area contributed by atoms with E-state index in [0.29, 0.717) is 12.5 Å². The lowest BCUT2D eigenvalue weighted by Crippen LogP contribution is -2.54. The predicted molar refractivity (Wildman–Crippen MR) is 39.6 cm³/mol. The second-order valence-electron chi connectivity index (χ2n) is 2.71. The molecule has 1 N–H and O–H groups in total. The first-order valence-electron chi connectivity index (χ1n) is 3.63. The van der Waals surface area contributed by atoms with Gasteiger partial charge in [0, 0.05) is 12.5 Å². The van der Waals surface area contributed by atoms with Crippen LogP contribution in [-0.2, 0) is 4.79 Å². The predicted octanol–water partition coefficient (Wildman–Crippen LogP) is -0.240. The minimum atomic E-state index is -0.390. The van der Waals surface area contributed by atoms with Crippen LogP contribution in [0.3, 0.4) is 0 Å². The zero-order valence-corrected chi connectivity index (χ0v) is 6.16. The van der Waals surface area contributed by atoms with E-state index in [1.165, 1.54) is 0 Å². The van der Waals surface area contributed by atoms with Crippen molar-refractivity contribution in [3.05, 3.63) is 0 Å². The van der Waals surface area contributed by atoms with Gasteiger partial charge in [-0.1, -0.05) is 0 Å². The van der Waals surface area contributed by atoms with Crippen LogP contribution >= 0.6 is 0 Å². The van der Waals surface area contributed by atoms with E-state index in [1.54, 1.807) is 6.82 Å². The van der Waals surface area contributed by atoms with Crippen LogP contribution in [0.15, 0.2) is 0 Å². The Morgan fingerprint density at radius 1 is 1.90 bits per heavy atom. The molecular formula is C6H12BNO2. The lowest BCUT2D eigenvalue weighted by Gasteiger charge is -2.41. The summed E-state index contributed by atoms with van der Waals surface area (Å²) < 4.78 is 0. The minimum absolute atomic E-state index is 0.303. The molecule has 1 fully saturated rings. The van der Waals surface area contributed by atoms with E-state index in [4.69, 9.17) is 5.02 Å². The molecule has 0 unspecified atom stereocenters. The van der Waals surface area contributed by atoms with Crippen LogP contribution < -0.4 is 0 Å². The fourth-order valence-electron chi connectivity index (χ4n) is 1.32. The van der Waals surface area contributed by atoms with Crippen LogP contribution in [0.4, 0.5) is 0 Å². The lowest BCUT2D eigenvalue weighted by atomic mass is 9.77. The van der Waals surface area contributed by atoms with E-state index in [2.05, 4.69) is 0 Å². The SMILES string of the molecule is CB(O)N1CC[C@@H]1CC=O. The van der Waals surface area contributed by atoms with Crippen LogP contribution in [0.1, 0.15) is 12.8 Å². The third-order valence-corrected chi connectivity index (χ3v) is 2.04. The average molecular weight is 141 g/mol. The Balaban J connectivity index is 2.28. The van der Waals surface area contributed by atoms with Gasteiger partial charge >= 0.3 is 7.05 Å². The first-order valence-corrected chi connectivity index (χ1v) is 3.63. The molecule has 0 aromatic heterocycles. The van der Waals surface area contributed by atoms with Gasteiger partial charge in [0.25, 0.3) is 0 Å². The molecule has 0 aromatic carbocycles. The quantitative estimate of drug-likeness (QED) is 0.435. The average Bonchev–Trinajstić information content (AvgIpc) is 1.78. The first-order chi connectivity index (χ1) is 4.75. The van der Waals surface area contributed by atoms with Crippen LogP contribution in [0.25, 0.3) is 0 Å². The van der Waals surface area contributed by atoms with E-state index in [1.807, 2.05) is 4.81 Å². The highest BCUT2D eigenvalue weighted by Crippen LogP contribution is 2.19. The Morgan fingerprint density at radius 3 is 2.90 bits per heavy atom. The molecule has 56 valence electrons. The van der Waals surface area contributed by atoms with Gasteiger partial charge in [-0.25, -0.2) is 0 Å². The molecule has 0 bridgehead atoms. The van der Waals surface area contributed by atoms with Crippen molar-refractivity contribution in [3.63, 3.8) is 0 Å². The summed E-state index contributed by atoms with van der Waals surface area (Å²) in [5.74, 6) is 0. The van der Waals surface area contributed by atoms with Gasteiger partial charge in [0.2, 0.25) is 0 Å². The molecule has 1 atom stereocenters. The van der Waals surface area contributed by atoms with Crippen molar-refractivity contribution in [2.45, 2.75) is 25.7 Å². The van der Waals surface area contributed by atoms with Crippen molar-refractivity contribution in [1.82, 2.24) is 4.81 Å². The van der Waals surface area contributed by atoms with Gasteiger partial charge in [-0.15, -0.1) is 0 Å². The number of carbonyl (C=O) groups excluding carboxylic acids is 1. The molecule has 0 saturated carbocycles. The molecule has 1 aliphatic heterocycles. The molecular weight excluding hydrogens is 129 g/mol. The van der Waals surface area contributed by atoms with Crippen LogP contribution in [0.2, 0.25) is 6.82 Å². The molecule has 4 heteroatoms. The largest absolute Gasteiger partial charge is 0.437 e. The van der Waals surface area contributed by atoms with Crippen molar-refractivity contribution >= 4 is 13.3 Å². The van der Waals surface area contributed by atoms with E-state index in [-0.39, 0.29) is 0 Å². The number of nitrogens with zero attached hydrogens (tertiary/aromatic N) is 1. The number of hydrogen-bond acceptors (Lipinski definition) is 3. The van der Waals surface area contributed by atoms with Gasteiger partial charge in [0.15, 0.2) is 0 Å². The van der Waals surface area contributed by atoms with Gasteiger partial charge in [-0.2, -0.15) is 0 Å². The van der Waals surface area contributed by atoms with Crippen molar-refractivity contribution < 1.29 is 9.82 Å². The third-order valence-electron chi connectivity index (χ3n) is 2.04. The molecule has 0 amide bonds. The number of rotatable bonds is 3. The smallest absolute Gasteiger partial charge is 0.376 e. The van der Waals surface area contributed by atoms with E-state index in [0.717, 1.165) is 19.3 Å². The maximum absolute atomic E-state index is 10.1. The Kier molecular flexibility index (Phi) is 2.46. The van der Waals surface area contributed by atoms with Gasteiger partial charge < -0.3 is 14.6 Å². The highest BCUT2D eigenvalue weighted by molar-refractivity contribution is 6.45. The maximum Gasteiger partial charge on any atom is 0.376 e. The maximum atomic E-state index is 10.1. The minimum Gasteiger partial charge on any atom is -0.437 e. The molecule has 10 heavy (non-hydrogen) atoms. The molecule has 0 radical (unpaired) electrons. The van der Waals surface area contributed by atoms with Crippen LogP contribution in [0, 0.1) is 0 Å². The monoisotopic (exact) mass is 141 g/mol. The molecule has 1 aliphatic rings. The summed E-state index contributed by atoms with van der Waals surface area (Å²) >= 11 is 0. The van der Waals surface area contributed by atoms with Crippen LogP contribution in [-0.4, -0.2) is 35.8 Å². The summed E-state index contributed by atoms with van der Waals surface area (Å²) in [7, 11) is -0.390. The van der Waals surface area contributed by atoms with Gasteiger partial charge in [-0.05, 0) is 19.8 Å². The first kappa shape index (κ1) is 7.76. The zero-order chi connectivity index (χ0) is 7.56. The summed E-state index contributed by atoms with van der Waals surface area (Å²) in [4.78, 5) is 12.0. The Labute approximate surface area is 61.2 Å². The zero-order valence-electron chi connectivity index (χ0n) is 6.16. The van der Waals surface area contributed by atoms with E-state index >= 15 is 0 Å². The highest BCUT2D eigenvalue weighted by atomic mass is 16.2. The summed E-state index contributed by atoms with van der Waals surface area (Å²) in [6, 6.07) is 0.303. The Bertz CT molecular complexity index is 129. The molecule has 0 aliphatic carbocycles. The molecule has 1 rings (SSSR count). The number of hydrogen-bond donors (Lipinski definition) is 1. The molecule has 1 saturated heterocycles. The van der Waals surface area contributed by atoms with Crippen molar-refractivity contribution in [2.24, 2.45) is 0 Å². The molecule has 1 heterocycles. The van der Waals surface area contributed by atoms with Gasteiger partial charge in [0.1, 0.15) is 6.29 Å². The Hall–Kier alpha value is -0.345. The topological polar surface area (TPSA) is 40.5 Å². The van der Waals surface area contributed by atoms with E-state index < -0.39 is 7.05 Å². The van der Waals surface area contributed by atoms with Gasteiger partial charge in [0.05, 0.1) is 0 Å². The van der Waals surface area contributed by atoms with E-state index in [9.17, 15) is 4.79 Å². The summed E-state index contributed by atoms with van der Waals surface area (Å²) in [6.45, 7) is 2.66. The fraction of sp³-hybridized carbons (Fsp3) is 0.833. The number of aldehydes is 1. The van der Waals surface area contributed by atoms with Crippen LogP contribution in [0.5, 0.6) is 0 Å². The second kappa shape index (κ2) is 3.17. The van der Waals surface area contributed by atoms with Crippen molar-refractivity contribution in [2.75, 3.05) is 6.54 Å². The van der Waals surface area contributed by atoms with Gasteiger partial charge in [-0.3, -0.25) is 0 Å². The Morgan fingerprint density at radius 2 is 2.60 bits per heavy atom. The lowest BCUT2D eigenvalue weighted by molar-refractivity contribution is -0.109. The van der Waals surface area contributed by atoms with Crippen molar-refractivity contribution in [3.8, 4) is 0 Å². The molecule has 3 nitrogen and oxygen atoms in total. The number of carbonyl (C=O) groups is 1. The summed E-state index contributed by atoms with van der Waals surface area (Å²) in [5, 5.41) is 9.08. The second-order valence-corrected chi connectivity index (χ2v) is 2.71.